The number of primary amides is 1. The highest BCUT2D eigenvalue weighted by atomic mass is 16.1. The van der Waals surface area contributed by atoms with E-state index in [-0.39, 0.29) is 11.5 Å². The quantitative estimate of drug-likeness (QED) is 0.603. The van der Waals surface area contributed by atoms with Gasteiger partial charge in [0.05, 0.1) is 17.8 Å². The van der Waals surface area contributed by atoms with Gasteiger partial charge in [0.25, 0.3) is 0 Å². The van der Waals surface area contributed by atoms with E-state index in [1.54, 1.807) is 6.34 Å². The average molecular weight is 192 g/mol. The summed E-state index contributed by atoms with van der Waals surface area (Å²) in [6, 6.07) is 0. The van der Waals surface area contributed by atoms with Crippen LogP contribution >= 0.6 is 0 Å². The van der Waals surface area contributed by atoms with Crippen molar-refractivity contribution in [2.45, 2.75) is 19.4 Å². The van der Waals surface area contributed by atoms with Crippen molar-refractivity contribution in [1.29, 1.82) is 0 Å². The van der Waals surface area contributed by atoms with E-state index in [4.69, 9.17) is 5.73 Å². The zero-order valence-corrected chi connectivity index (χ0v) is 8.11. The van der Waals surface area contributed by atoms with Crippen LogP contribution in [0.5, 0.6) is 0 Å². The summed E-state index contributed by atoms with van der Waals surface area (Å²) in [5.41, 5.74) is 5.43. The van der Waals surface area contributed by atoms with Gasteiger partial charge in [-0.25, -0.2) is 4.99 Å². The van der Waals surface area contributed by atoms with Gasteiger partial charge in [0, 0.05) is 11.8 Å². The predicted octanol–water partition coefficient (Wildman–Crippen LogP) is -0.206. The Hall–Kier alpha value is -1.65. The molecule has 0 saturated heterocycles. The Labute approximate surface area is 81.8 Å². The summed E-state index contributed by atoms with van der Waals surface area (Å²) in [5, 5.41) is 2.92. The Bertz CT molecular complexity index is 378. The van der Waals surface area contributed by atoms with Gasteiger partial charge in [0.2, 0.25) is 5.91 Å². The van der Waals surface area contributed by atoms with Crippen LogP contribution in [0.3, 0.4) is 0 Å². The third-order valence-corrected chi connectivity index (χ3v) is 2.53. The number of fused-ring (bicyclic) bond motifs is 1. The van der Waals surface area contributed by atoms with Crippen molar-refractivity contribution >= 4 is 18.1 Å². The molecule has 2 rings (SSSR count). The fourth-order valence-electron chi connectivity index (χ4n) is 1.82. The van der Waals surface area contributed by atoms with Gasteiger partial charge in [-0.15, -0.1) is 0 Å². The molecular weight excluding hydrogens is 180 g/mol. The van der Waals surface area contributed by atoms with Crippen LogP contribution in [0.4, 0.5) is 0 Å². The van der Waals surface area contributed by atoms with E-state index in [0.717, 1.165) is 5.84 Å². The third kappa shape index (κ3) is 1.13. The van der Waals surface area contributed by atoms with E-state index in [0.29, 0.717) is 5.57 Å². The summed E-state index contributed by atoms with van der Waals surface area (Å²) in [4.78, 5) is 19.5. The Morgan fingerprint density at radius 3 is 3.00 bits per heavy atom. The fraction of sp³-hybridized carbons (Fsp3) is 0.444. The molecule has 0 radical (unpaired) electrons. The first kappa shape index (κ1) is 8.93. The molecule has 1 unspecified atom stereocenters. The lowest BCUT2D eigenvalue weighted by Crippen LogP contribution is -2.47. The zero-order valence-electron chi connectivity index (χ0n) is 8.11. The molecule has 5 heteroatoms. The highest BCUT2D eigenvalue weighted by Crippen LogP contribution is 2.33. The molecule has 74 valence electrons. The number of amides is 1. The van der Waals surface area contributed by atoms with Gasteiger partial charge in [-0.1, -0.05) is 0 Å². The highest BCUT2D eigenvalue weighted by Gasteiger charge is 2.42. The summed E-state index contributed by atoms with van der Waals surface area (Å²) in [6.45, 7) is 3.90. The van der Waals surface area contributed by atoms with E-state index < -0.39 is 5.91 Å². The standard InChI is InChI=1S/C9H12N4O/c1-9(2)6-5(7(10)14)3-11-8(6)12-4-13-9/h3-4,6H,1-2H3,(H2,10,14)(H,11,12,13). The van der Waals surface area contributed by atoms with E-state index >= 15 is 0 Å². The topological polar surface area (TPSA) is 79.8 Å². The Balaban J connectivity index is 2.41. The maximum atomic E-state index is 11.1. The number of nitrogens with two attached hydrogens (primary N) is 1. The van der Waals surface area contributed by atoms with E-state index in [1.807, 2.05) is 13.8 Å². The maximum absolute atomic E-state index is 11.1. The van der Waals surface area contributed by atoms with Crippen molar-refractivity contribution in [3.8, 4) is 0 Å². The Morgan fingerprint density at radius 1 is 1.64 bits per heavy atom. The fourth-order valence-corrected chi connectivity index (χ4v) is 1.82. The Morgan fingerprint density at radius 2 is 2.36 bits per heavy atom. The van der Waals surface area contributed by atoms with Crippen LogP contribution in [0.1, 0.15) is 13.8 Å². The van der Waals surface area contributed by atoms with E-state index in [9.17, 15) is 4.79 Å². The number of rotatable bonds is 1. The van der Waals surface area contributed by atoms with Gasteiger partial charge >= 0.3 is 0 Å². The molecule has 0 fully saturated rings. The van der Waals surface area contributed by atoms with Crippen molar-refractivity contribution < 1.29 is 4.79 Å². The van der Waals surface area contributed by atoms with Crippen molar-refractivity contribution in [2.75, 3.05) is 0 Å². The minimum Gasteiger partial charge on any atom is -0.366 e. The molecule has 0 saturated carbocycles. The lowest BCUT2D eigenvalue weighted by Gasteiger charge is -2.32. The average Bonchev–Trinajstić information content (AvgIpc) is 2.48. The van der Waals surface area contributed by atoms with Crippen LogP contribution in [-0.2, 0) is 4.79 Å². The van der Waals surface area contributed by atoms with Gasteiger partial charge < -0.3 is 11.1 Å². The van der Waals surface area contributed by atoms with Crippen molar-refractivity contribution in [2.24, 2.45) is 21.6 Å². The molecular formula is C9H12N4O. The molecule has 0 aromatic rings. The van der Waals surface area contributed by atoms with Gasteiger partial charge in [0.15, 0.2) is 0 Å². The molecule has 1 amide bonds. The summed E-state index contributed by atoms with van der Waals surface area (Å²) in [5.74, 6) is 0.185. The van der Waals surface area contributed by atoms with Crippen LogP contribution in [0.2, 0.25) is 0 Å². The second-order valence-corrected chi connectivity index (χ2v) is 3.95. The van der Waals surface area contributed by atoms with E-state index in [2.05, 4.69) is 15.3 Å². The third-order valence-electron chi connectivity index (χ3n) is 2.53. The molecule has 0 aliphatic carbocycles. The smallest absolute Gasteiger partial charge is 0.247 e. The van der Waals surface area contributed by atoms with Gasteiger partial charge in [-0.05, 0) is 13.8 Å². The summed E-state index contributed by atoms with van der Waals surface area (Å²) in [7, 11) is 0. The second kappa shape index (κ2) is 2.67. The van der Waals surface area contributed by atoms with Crippen molar-refractivity contribution in [3.63, 3.8) is 0 Å². The van der Waals surface area contributed by atoms with Gasteiger partial charge in [-0.3, -0.25) is 9.79 Å². The van der Waals surface area contributed by atoms with Crippen LogP contribution in [0.15, 0.2) is 21.8 Å². The molecule has 2 aliphatic heterocycles. The lowest BCUT2D eigenvalue weighted by molar-refractivity contribution is -0.115. The number of aliphatic imine (C=N–C) groups is 2. The van der Waals surface area contributed by atoms with Gasteiger partial charge in [-0.2, -0.15) is 0 Å². The number of nitrogens with zero attached hydrogens (tertiary/aromatic N) is 2. The minimum atomic E-state index is -0.430. The van der Waals surface area contributed by atoms with Crippen LogP contribution in [0, 0.1) is 5.92 Å². The Kier molecular flexibility index (Phi) is 1.70. The first-order chi connectivity index (χ1) is 6.52. The lowest BCUT2D eigenvalue weighted by atomic mass is 9.81. The first-order valence-corrected chi connectivity index (χ1v) is 4.40. The number of hydrogen-bond acceptors (Lipinski definition) is 4. The highest BCUT2D eigenvalue weighted by molar-refractivity contribution is 6.08. The minimum absolute atomic E-state index is 0.134. The molecule has 0 spiro atoms. The van der Waals surface area contributed by atoms with Crippen LogP contribution in [-0.4, -0.2) is 23.6 Å². The summed E-state index contributed by atoms with van der Waals surface area (Å²) in [6.07, 6.45) is 3.12. The summed E-state index contributed by atoms with van der Waals surface area (Å²) < 4.78 is 0. The number of amidine groups is 1. The SMILES string of the molecule is CC1(C)N=CNC2=NC=C(C(N)=O)C21. The van der Waals surface area contributed by atoms with Gasteiger partial charge in [0.1, 0.15) is 5.84 Å². The summed E-state index contributed by atoms with van der Waals surface area (Å²) >= 11 is 0. The normalized spacial score (nSPS) is 27.4. The molecule has 2 heterocycles. The maximum Gasteiger partial charge on any atom is 0.247 e. The molecule has 0 aromatic carbocycles. The molecule has 14 heavy (non-hydrogen) atoms. The second-order valence-electron chi connectivity index (χ2n) is 3.95. The first-order valence-electron chi connectivity index (χ1n) is 4.40. The molecule has 3 N–H and O–H groups in total. The number of carbonyl (C=O) groups is 1. The molecule has 5 nitrogen and oxygen atoms in total. The largest absolute Gasteiger partial charge is 0.366 e. The van der Waals surface area contributed by atoms with Crippen LogP contribution < -0.4 is 11.1 Å². The molecule has 0 bridgehead atoms. The number of nitrogens with one attached hydrogen (secondary N) is 1. The van der Waals surface area contributed by atoms with Crippen LogP contribution in [0.25, 0.3) is 0 Å². The predicted molar refractivity (Wildman–Crippen MR) is 53.9 cm³/mol. The van der Waals surface area contributed by atoms with Crippen molar-refractivity contribution in [1.82, 2.24) is 5.32 Å². The number of hydrogen-bond donors (Lipinski definition) is 2. The molecule has 0 aromatic heterocycles. The zero-order chi connectivity index (χ0) is 10.3. The molecule has 1 atom stereocenters. The number of carbonyl (C=O) groups excluding carboxylic acids is 1. The monoisotopic (exact) mass is 192 g/mol. The van der Waals surface area contributed by atoms with Crippen molar-refractivity contribution in [3.05, 3.63) is 11.8 Å². The van der Waals surface area contributed by atoms with E-state index in [1.165, 1.54) is 6.20 Å². The molecule has 2 aliphatic rings.